The third kappa shape index (κ3) is 3.27. The molecule has 34 heavy (non-hydrogen) atoms. The molecule has 0 bridgehead atoms. The van der Waals surface area contributed by atoms with Crippen LogP contribution in [0, 0.1) is 0 Å². The SMILES string of the molecule is O=C(c1ccc2nc[nH]c2c1)N1CC[C@H]2c3ccc(C(F)(C(F)(F)F)C(F)(F)F)cc3CC[C@H]21. The molecule has 11 heteroatoms. The summed E-state index contributed by atoms with van der Waals surface area (Å²) in [6.07, 6.45) is -9.78. The van der Waals surface area contributed by atoms with E-state index in [0.29, 0.717) is 53.7 Å². The van der Waals surface area contributed by atoms with Gasteiger partial charge in [-0.15, -0.1) is 0 Å². The number of fused-ring (bicyclic) bond motifs is 4. The van der Waals surface area contributed by atoms with E-state index in [2.05, 4.69) is 9.97 Å². The number of aromatic amines is 1. The molecule has 0 unspecified atom stereocenters. The van der Waals surface area contributed by atoms with Crippen molar-refractivity contribution in [1.29, 1.82) is 0 Å². The molecule has 2 aliphatic rings. The highest BCUT2D eigenvalue weighted by Gasteiger charge is 2.73. The van der Waals surface area contributed by atoms with Crippen molar-refractivity contribution >= 4 is 16.9 Å². The van der Waals surface area contributed by atoms with Gasteiger partial charge in [-0.25, -0.2) is 9.37 Å². The molecule has 1 aliphatic heterocycles. The minimum absolute atomic E-state index is 0.138. The highest BCUT2D eigenvalue weighted by molar-refractivity contribution is 5.97. The van der Waals surface area contributed by atoms with Gasteiger partial charge in [-0.3, -0.25) is 4.79 Å². The first-order valence-electron chi connectivity index (χ1n) is 10.6. The Kier molecular flexibility index (Phi) is 4.96. The van der Waals surface area contributed by atoms with E-state index < -0.39 is 23.6 Å². The first-order chi connectivity index (χ1) is 15.9. The summed E-state index contributed by atoms with van der Waals surface area (Å²) in [5, 5.41) is 0. The van der Waals surface area contributed by atoms with Crippen LogP contribution in [0.5, 0.6) is 0 Å². The largest absolute Gasteiger partial charge is 0.435 e. The quantitative estimate of drug-likeness (QED) is 0.467. The molecule has 180 valence electrons. The molecule has 1 aliphatic carbocycles. The number of amides is 1. The fraction of sp³-hybridized carbons (Fsp3) is 0.391. The number of nitrogens with one attached hydrogen (secondary N) is 1. The summed E-state index contributed by atoms with van der Waals surface area (Å²) >= 11 is 0. The van der Waals surface area contributed by atoms with Gasteiger partial charge in [0.05, 0.1) is 17.4 Å². The lowest BCUT2D eigenvalue weighted by Gasteiger charge is -2.35. The predicted molar refractivity (Wildman–Crippen MR) is 108 cm³/mol. The summed E-state index contributed by atoms with van der Waals surface area (Å²) in [5.41, 5.74) is -4.24. The molecule has 1 amide bonds. The maximum absolute atomic E-state index is 14.5. The Balaban J connectivity index is 1.44. The van der Waals surface area contributed by atoms with E-state index in [1.807, 2.05) is 0 Å². The number of hydrogen-bond acceptors (Lipinski definition) is 2. The molecule has 0 saturated carbocycles. The van der Waals surface area contributed by atoms with Crippen LogP contribution in [0.2, 0.25) is 0 Å². The molecule has 1 saturated heterocycles. The summed E-state index contributed by atoms with van der Waals surface area (Å²) in [5.74, 6) is -0.454. The summed E-state index contributed by atoms with van der Waals surface area (Å²) in [4.78, 5) is 21.9. The van der Waals surface area contributed by atoms with Crippen LogP contribution in [0.15, 0.2) is 42.7 Å². The second-order valence-corrected chi connectivity index (χ2v) is 8.70. The van der Waals surface area contributed by atoms with E-state index in [0.717, 1.165) is 6.07 Å². The number of aryl methyl sites for hydroxylation is 1. The second kappa shape index (κ2) is 7.44. The van der Waals surface area contributed by atoms with E-state index in [1.54, 1.807) is 23.1 Å². The number of hydrogen-bond donors (Lipinski definition) is 1. The summed E-state index contributed by atoms with van der Waals surface area (Å²) in [6.45, 7) is 0.397. The molecule has 0 radical (unpaired) electrons. The van der Waals surface area contributed by atoms with Gasteiger partial charge in [0, 0.05) is 29.6 Å². The Labute approximate surface area is 188 Å². The number of rotatable bonds is 2. The van der Waals surface area contributed by atoms with Gasteiger partial charge in [0.2, 0.25) is 0 Å². The number of aromatic nitrogens is 2. The summed E-state index contributed by atoms with van der Waals surface area (Å²) in [7, 11) is 0. The molecule has 2 heterocycles. The number of halogens is 7. The number of benzene rings is 2. The van der Waals surface area contributed by atoms with Gasteiger partial charge in [-0.05, 0) is 48.6 Å². The molecular weight excluding hydrogens is 467 g/mol. The molecular formula is C23H18F7N3O. The standard InChI is InChI=1S/C23H18F7N3O/c24-21(22(25,26)27,23(28,29)30)14-3-4-15-12(9-14)2-6-19-16(15)7-8-33(19)20(34)13-1-5-17-18(10-13)32-11-31-17/h1,3-5,9-11,16,19H,2,6-8H2,(H,31,32)/t16-,19+/m0/s1. The second-order valence-electron chi connectivity index (χ2n) is 8.70. The van der Waals surface area contributed by atoms with Gasteiger partial charge in [-0.2, -0.15) is 26.3 Å². The minimum Gasteiger partial charge on any atom is -0.345 e. The zero-order chi connectivity index (χ0) is 24.5. The lowest BCUT2D eigenvalue weighted by Crippen LogP contribution is -2.50. The van der Waals surface area contributed by atoms with Gasteiger partial charge >= 0.3 is 18.0 Å². The molecule has 1 aromatic heterocycles. The molecule has 1 N–H and O–H groups in total. The lowest BCUT2D eigenvalue weighted by atomic mass is 9.77. The zero-order valence-electron chi connectivity index (χ0n) is 17.5. The minimum atomic E-state index is -6.15. The number of nitrogens with zero attached hydrogens (tertiary/aromatic N) is 2. The molecule has 3 aromatic rings. The van der Waals surface area contributed by atoms with Crippen LogP contribution in [0.1, 0.15) is 45.8 Å². The Hall–Kier alpha value is -3.11. The normalized spacial score (nSPS) is 21.0. The van der Waals surface area contributed by atoms with Crippen LogP contribution in [0.25, 0.3) is 11.0 Å². The number of carbonyl (C=O) groups is 1. The molecule has 4 nitrogen and oxygen atoms in total. The van der Waals surface area contributed by atoms with Gasteiger partial charge in [-0.1, -0.05) is 18.2 Å². The van der Waals surface area contributed by atoms with Crippen molar-refractivity contribution in [2.24, 2.45) is 0 Å². The summed E-state index contributed by atoms with van der Waals surface area (Å²) < 4.78 is 93.5. The van der Waals surface area contributed by atoms with Crippen molar-refractivity contribution in [2.75, 3.05) is 6.54 Å². The first-order valence-corrected chi connectivity index (χ1v) is 10.6. The topological polar surface area (TPSA) is 49.0 Å². The third-order valence-corrected chi connectivity index (χ3v) is 6.90. The zero-order valence-corrected chi connectivity index (χ0v) is 17.5. The van der Waals surface area contributed by atoms with Crippen LogP contribution < -0.4 is 0 Å². The van der Waals surface area contributed by atoms with Crippen LogP contribution >= 0.6 is 0 Å². The van der Waals surface area contributed by atoms with E-state index in [9.17, 15) is 35.5 Å². The molecule has 5 rings (SSSR count). The predicted octanol–water partition coefficient (Wildman–Crippen LogP) is 5.80. The van der Waals surface area contributed by atoms with Gasteiger partial charge in [0.25, 0.3) is 5.91 Å². The molecule has 0 spiro atoms. The number of likely N-dealkylation sites (tertiary alicyclic amines) is 1. The van der Waals surface area contributed by atoms with Crippen molar-refractivity contribution in [3.63, 3.8) is 0 Å². The highest BCUT2D eigenvalue weighted by Crippen LogP contribution is 2.54. The fourth-order valence-electron chi connectivity index (χ4n) is 5.25. The van der Waals surface area contributed by atoms with E-state index >= 15 is 0 Å². The van der Waals surface area contributed by atoms with Crippen LogP contribution in [0.4, 0.5) is 30.7 Å². The van der Waals surface area contributed by atoms with Crippen molar-refractivity contribution in [1.82, 2.24) is 14.9 Å². The number of alkyl halides is 7. The van der Waals surface area contributed by atoms with Crippen molar-refractivity contribution in [3.8, 4) is 0 Å². The van der Waals surface area contributed by atoms with Crippen LogP contribution in [-0.4, -0.2) is 45.7 Å². The maximum atomic E-state index is 14.5. The Morgan fingerprint density at radius 1 is 0.971 bits per heavy atom. The van der Waals surface area contributed by atoms with Crippen molar-refractivity contribution in [2.45, 2.75) is 49.2 Å². The maximum Gasteiger partial charge on any atom is 0.435 e. The first kappa shape index (κ1) is 22.7. The fourth-order valence-corrected chi connectivity index (χ4v) is 5.25. The van der Waals surface area contributed by atoms with Crippen molar-refractivity contribution < 1.29 is 35.5 Å². The monoisotopic (exact) mass is 485 g/mol. The lowest BCUT2D eigenvalue weighted by molar-refractivity contribution is -0.348. The molecule has 1 fully saturated rings. The van der Waals surface area contributed by atoms with Crippen molar-refractivity contribution in [3.05, 3.63) is 65.0 Å². The number of H-pyrrole nitrogens is 1. The average Bonchev–Trinajstić information content (AvgIpc) is 3.42. The van der Waals surface area contributed by atoms with Gasteiger partial charge in [0.15, 0.2) is 0 Å². The smallest absolute Gasteiger partial charge is 0.345 e. The van der Waals surface area contributed by atoms with Gasteiger partial charge in [0.1, 0.15) is 0 Å². The highest BCUT2D eigenvalue weighted by atomic mass is 19.4. The summed E-state index contributed by atoms with van der Waals surface area (Å²) in [6, 6.07) is 7.23. The Bertz CT molecular complexity index is 1250. The Morgan fingerprint density at radius 3 is 2.41 bits per heavy atom. The Morgan fingerprint density at radius 2 is 1.71 bits per heavy atom. The van der Waals surface area contributed by atoms with E-state index in [4.69, 9.17) is 0 Å². The number of imidazole rings is 1. The van der Waals surface area contributed by atoms with Gasteiger partial charge < -0.3 is 9.88 Å². The van der Waals surface area contributed by atoms with Crippen LogP contribution in [0.3, 0.4) is 0 Å². The number of carbonyl (C=O) groups excluding carboxylic acids is 1. The van der Waals surface area contributed by atoms with E-state index in [1.165, 1.54) is 6.33 Å². The third-order valence-electron chi connectivity index (χ3n) is 6.90. The molecule has 2 atom stereocenters. The average molecular weight is 485 g/mol. The molecule has 2 aromatic carbocycles. The van der Waals surface area contributed by atoms with Crippen LogP contribution in [-0.2, 0) is 12.1 Å². The van der Waals surface area contributed by atoms with E-state index in [-0.39, 0.29) is 29.9 Å².